The molecule has 138 valence electrons. The van der Waals surface area contributed by atoms with Crippen molar-refractivity contribution >= 4 is 40.7 Å². The maximum absolute atomic E-state index is 12.2. The minimum absolute atomic E-state index is 0.136. The van der Waals surface area contributed by atoms with Crippen LogP contribution in [0.2, 0.25) is 10.0 Å². The van der Waals surface area contributed by atoms with Gasteiger partial charge in [-0.3, -0.25) is 9.59 Å². The molecule has 0 atom stereocenters. The van der Waals surface area contributed by atoms with Gasteiger partial charge in [0.2, 0.25) is 11.8 Å². The van der Waals surface area contributed by atoms with Crippen LogP contribution in [0, 0.1) is 0 Å². The average Bonchev–Trinajstić information content (AvgIpc) is 2.62. The van der Waals surface area contributed by atoms with Crippen molar-refractivity contribution in [1.82, 2.24) is 5.32 Å². The minimum atomic E-state index is -0.216. The van der Waals surface area contributed by atoms with Gasteiger partial charge in [0.25, 0.3) is 0 Å². The zero-order chi connectivity index (χ0) is 19.1. The van der Waals surface area contributed by atoms with E-state index in [0.29, 0.717) is 28.0 Å². The third kappa shape index (κ3) is 5.38. The van der Waals surface area contributed by atoms with Gasteiger partial charge in [-0.1, -0.05) is 41.4 Å². The first-order chi connectivity index (χ1) is 12.4. The largest absolute Gasteiger partial charge is 0.496 e. The highest BCUT2D eigenvalue weighted by atomic mass is 35.5. The number of hydrogen-bond donors (Lipinski definition) is 1. The zero-order valence-electron chi connectivity index (χ0n) is 14.6. The standard InChI is InChI=1S/C19H20Cl2N2O3/c1-13(24)23(17-11-15(20)7-8-16(17)21)10-9-19(25)22-12-14-5-3-4-6-18(14)26-2/h3-8,11H,9-10,12H2,1-2H3,(H,22,25). The number of halogens is 2. The van der Waals surface area contributed by atoms with Crippen LogP contribution < -0.4 is 15.0 Å². The van der Waals surface area contributed by atoms with Crippen molar-refractivity contribution < 1.29 is 14.3 Å². The summed E-state index contributed by atoms with van der Waals surface area (Å²) < 4.78 is 5.26. The van der Waals surface area contributed by atoms with E-state index in [1.807, 2.05) is 24.3 Å². The molecule has 0 fully saturated rings. The number of amides is 2. The minimum Gasteiger partial charge on any atom is -0.496 e. The van der Waals surface area contributed by atoms with Gasteiger partial charge in [-0.25, -0.2) is 0 Å². The fraction of sp³-hybridized carbons (Fsp3) is 0.263. The van der Waals surface area contributed by atoms with Crippen LogP contribution in [0.3, 0.4) is 0 Å². The molecule has 2 amide bonds. The van der Waals surface area contributed by atoms with E-state index in [4.69, 9.17) is 27.9 Å². The van der Waals surface area contributed by atoms with Gasteiger partial charge < -0.3 is 15.0 Å². The molecule has 0 heterocycles. The van der Waals surface area contributed by atoms with Crippen LogP contribution in [-0.4, -0.2) is 25.5 Å². The third-order valence-electron chi connectivity index (χ3n) is 3.81. The van der Waals surface area contributed by atoms with Gasteiger partial charge >= 0.3 is 0 Å². The molecule has 0 aliphatic heterocycles. The molecule has 0 saturated heterocycles. The molecule has 26 heavy (non-hydrogen) atoms. The van der Waals surface area contributed by atoms with Gasteiger partial charge in [0.05, 0.1) is 17.8 Å². The molecule has 2 aromatic rings. The van der Waals surface area contributed by atoms with Crippen LogP contribution >= 0.6 is 23.2 Å². The van der Waals surface area contributed by atoms with Crippen LogP contribution in [0.1, 0.15) is 18.9 Å². The number of anilines is 1. The molecular formula is C19H20Cl2N2O3. The summed E-state index contributed by atoms with van der Waals surface area (Å²) in [7, 11) is 1.58. The Morgan fingerprint density at radius 2 is 1.88 bits per heavy atom. The van der Waals surface area contributed by atoms with Gasteiger partial charge in [0.1, 0.15) is 5.75 Å². The predicted molar refractivity (Wildman–Crippen MR) is 104 cm³/mol. The summed E-state index contributed by atoms with van der Waals surface area (Å²) in [5.74, 6) is 0.316. The topological polar surface area (TPSA) is 58.6 Å². The normalized spacial score (nSPS) is 10.3. The number of para-hydroxylation sites is 1. The number of nitrogens with one attached hydrogen (secondary N) is 1. The van der Waals surface area contributed by atoms with Crippen LogP contribution in [0.5, 0.6) is 5.75 Å². The van der Waals surface area contributed by atoms with E-state index in [1.165, 1.54) is 11.8 Å². The van der Waals surface area contributed by atoms with Crippen molar-refractivity contribution in [3.05, 3.63) is 58.1 Å². The summed E-state index contributed by atoms with van der Waals surface area (Å²) in [5, 5.41) is 3.70. The lowest BCUT2D eigenvalue weighted by Crippen LogP contribution is -2.34. The Morgan fingerprint density at radius 3 is 2.58 bits per heavy atom. The van der Waals surface area contributed by atoms with E-state index in [2.05, 4.69) is 5.32 Å². The van der Waals surface area contributed by atoms with Crippen molar-refractivity contribution in [3.8, 4) is 5.75 Å². The Balaban J connectivity index is 1.97. The first-order valence-electron chi connectivity index (χ1n) is 8.04. The van der Waals surface area contributed by atoms with Gasteiger partial charge in [-0.05, 0) is 24.3 Å². The fourth-order valence-corrected chi connectivity index (χ4v) is 2.87. The van der Waals surface area contributed by atoms with Crippen LogP contribution in [-0.2, 0) is 16.1 Å². The van der Waals surface area contributed by atoms with Gasteiger partial charge in [0, 0.05) is 37.0 Å². The number of methoxy groups -OCH3 is 1. The summed E-state index contributed by atoms with van der Waals surface area (Å²) in [6.07, 6.45) is 0.136. The fourth-order valence-electron chi connectivity index (χ4n) is 2.48. The van der Waals surface area contributed by atoms with E-state index in [-0.39, 0.29) is 24.8 Å². The Morgan fingerprint density at radius 1 is 1.15 bits per heavy atom. The SMILES string of the molecule is COc1ccccc1CNC(=O)CCN(C(C)=O)c1cc(Cl)ccc1Cl. The van der Waals surface area contributed by atoms with E-state index in [1.54, 1.807) is 25.3 Å². The van der Waals surface area contributed by atoms with Gasteiger partial charge in [-0.15, -0.1) is 0 Å². The van der Waals surface area contributed by atoms with Crippen molar-refractivity contribution in [1.29, 1.82) is 0 Å². The summed E-state index contributed by atoms with van der Waals surface area (Å²) >= 11 is 12.1. The number of carbonyl (C=O) groups is 2. The molecule has 2 rings (SSSR count). The quantitative estimate of drug-likeness (QED) is 0.769. The van der Waals surface area contributed by atoms with Crippen molar-refractivity contribution in [3.63, 3.8) is 0 Å². The van der Waals surface area contributed by atoms with E-state index in [9.17, 15) is 9.59 Å². The molecular weight excluding hydrogens is 375 g/mol. The highest BCUT2D eigenvalue weighted by Gasteiger charge is 2.17. The van der Waals surface area contributed by atoms with E-state index in [0.717, 1.165) is 5.56 Å². The third-order valence-corrected chi connectivity index (χ3v) is 4.36. The highest BCUT2D eigenvalue weighted by Crippen LogP contribution is 2.29. The smallest absolute Gasteiger partial charge is 0.223 e. The second-order valence-electron chi connectivity index (χ2n) is 5.60. The maximum atomic E-state index is 12.2. The van der Waals surface area contributed by atoms with E-state index >= 15 is 0 Å². The summed E-state index contributed by atoms with van der Waals surface area (Å²) in [4.78, 5) is 25.6. The Kier molecular flexibility index (Phi) is 7.30. The first-order valence-corrected chi connectivity index (χ1v) is 8.79. The molecule has 0 radical (unpaired) electrons. The lowest BCUT2D eigenvalue weighted by atomic mass is 10.2. The molecule has 7 heteroatoms. The van der Waals surface area contributed by atoms with Crippen LogP contribution in [0.25, 0.3) is 0 Å². The molecule has 0 saturated carbocycles. The molecule has 0 aliphatic rings. The molecule has 0 spiro atoms. The number of rotatable bonds is 7. The highest BCUT2D eigenvalue weighted by molar-refractivity contribution is 6.35. The lowest BCUT2D eigenvalue weighted by Gasteiger charge is -2.22. The predicted octanol–water partition coefficient (Wildman–Crippen LogP) is 4.06. The molecule has 5 nitrogen and oxygen atoms in total. The average molecular weight is 395 g/mol. The molecule has 0 unspecified atom stereocenters. The second-order valence-corrected chi connectivity index (χ2v) is 6.45. The lowest BCUT2D eigenvalue weighted by molar-refractivity contribution is -0.121. The molecule has 0 aromatic heterocycles. The molecule has 2 aromatic carbocycles. The zero-order valence-corrected chi connectivity index (χ0v) is 16.1. The van der Waals surface area contributed by atoms with Gasteiger partial charge in [-0.2, -0.15) is 0 Å². The number of benzene rings is 2. The number of hydrogen-bond acceptors (Lipinski definition) is 3. The second kappa shape index (κ2) is 9.46. The first kappa shape index (κ1) is 20.1. The van der Waals surface area contributed by atoms with Crippen LogP contribution in [0.15, 0.2) is 42.5 Å². The van der Waals surface area contributed by atoms with Crippen molar-refractivity contribution in [2.24, 2.45) is 0 Å². The van der Waals surface area contributed by atoms with Crippen molar-refractivity contribution in [2.75, 3.05) is 18.6 Å². The van der Waals surface area contributed by atoms with E-state index < -0.39 is 0 Å². The molecule has 1 N–H and O–H groups in total. The molecule has 0 bridgehead atoms. The number of nitrogens with zero attached hydrogens (tertiary/aromatic N) is 1. The number of carbonyl (C=O) groups excluding carboxylic acids is 2. The summed E-state index contributed by atoms with van der Waals surface area (Å²) in [6.45, 7) is 1.97. The Hall–Kier alpha value is -2.24. The number of ether oxygens (including phenoxy) is 1. The van der Waals surface area contributed by atoms with Crippen molar-refractivity contribution in [2.45, 2.75) is 19.9 Å². The molecule has 0 aliphatic carbocycles. The monoisotopic (exact) mass is 394 g/mol. The summed E-state index contributed by atoms with van der Waals surface area (Å²) in [5.41, 5.74) is 1.37. The Labute approximate surface area is 162 Å². The van der Waals surface area contributed by atoms with Crippen LogP contribution in [0.4, 0.5) is 5.69 Å². The maximum Gasteiger partial charge on any atom is 0.223 e. The summed E-state index contributed by atoms with van der Waals surface area (Å²) in [6, 6.07) is 12.3. The Bertz CT molecular complexity index is 796. The van der Waals surface area contributed by atoms with Gasteiger partial charge in [0.15, 0.2) is 0 Å².